The zero-order chi connectivity index (χ0) is 16.1. The molecule has 23 heavy (non-hydrogen) atoms. The van der Waals surface area contributed by atoms with Gasteiger partial charge in [-0.1, -0.05) is 30.0 Å². The molecule has 0 fully saturated rings. The summed E-state index contributed by atoms with van der Waals surface area (Å²) in [6.45, 7) is 0. The van der Waals surface area contributed by atoms with Crippen LogP contribution in [0.15, 0.2) is 70.7 Å². The van der Waals surface area contributed by atoms with Gasteiger partial charge >= 0.3 is 0 Å². The number of allylic oxidation sites excluding steroid dienone is 4. The van der Waals surface area contributed by atoms with Crippen LogP contribution >= 0.6 is 11.8 Å². The fourth-order valence-electron chi connectivity index (χ4n) is 2.48. The van der Waals surface area contributed by atoms with E-state index in [1.807, 2.05) is 12.3 Å². The second-order valence-electron chi connectivity index (χ2n) is 5.34. The highest BCUT2D eigenvalue weighted by Crippen LogP contribution is 2.35. The Balaban J connectivity index is 1.83. The van der Waals surface area contributed by atoms with Crippen molar-refractivity contribution >= 4 is 23.6 Å². The second kappa shape index (κ2) is 7.38. The zero-order valence-electron chi connectivity index (χ0n) is 12.5. The van der Waals surface area contributed by atoms with E-state index in [1.165, 1.54) is 12.1 Å². The van der Waals surface area contributed by atoms with Gasteiger partial charge < -0.3 is 4.79 Å². The molecule has 1 heterocycles. The van der Waals surface area contributed by atoms with Gasteiger partial charge in [0, 0.05) is 34.2 Å². The summed E-state index contributed by atoms with van der Waals surface area (Å²) >= 11 is 1.59. The average Bonchev–Trinajstić information content (AvgIpc) is 2.59. The average molecular weight is 325 g/mol. The first-order chi connectivity index (χ1) is 11.3. The van der Waals surface area contributed by atoms with Gasteiger partial charge in [0.1, 0.15) is 12.1 Å². The van der Waals surface area contributed by atoms with Crippen molar-refractivity contribution < 1.29 is 9.18 Å². The monoisotopic (exact) mass is 325 g/mol. The number of aromatic nitrogens is 1. The number of benzene rings is 1. The maximum absolute atomic E-state index is 13.0. The number of aldehydes is 1. The third kappa shape index (κ3) is 3.96. The summed E-state index contributed by atoms with van der Waals surface area (Å²) in [4.78, 5) is 16.9. The molecular formula is C19H16FNOS. The number of hydrogen-bond acceptors (Lipinski definition) is 3. The molecule has 0 N–H and O–H groups in total. The van der Waals surface area contributed by atoms with Crippen molar-refractivity contribution in [1.82, 2.24) is 4.98 Å². The van der Waals surface area contributed by atoms with E-state index < -0.39 is 0 Å². The van der Waals surface area contributed by atoms with Crippen molar-refractivity contribution in [3.8, 4) is 0 Å². The van der Waals surface area contributed by atoms with Crippen molar-refractivity contribution in [2.45, 2.75) is 22.6 Å². The Labute approximate surface area is 139 Å². The molecule has 1 atom stereocenters. The van der Waals surface area contributed by atoms with E-state index in [1.54, 1.807) is 30.1 Å². The van der Waals surface area contributed by atoms with Gasteiger partial charge in [-0.3, -0.25) is 4.98 Å². The van der Waals surface area contributed by atoms with Crippen LogP contribution < -0.4 is 0 Å². The summed E-state index contributed by atoms with van der Waals surface area (Å²) in [6, 6.07) is 8.44. The van der Waals surface area contributed by atoms with Crippen LogP contribution in [0.25, 0.3) is 5.57 Å². The Bertz CT molecular complexity index is 752. The van der Waals surface area contributed by atoms with Gasteiger partial charge in [-0.05, 0) is 48.2 Å². The van der Waals surface area contributed by atoms with Crippen LogP contribution in [-0.4, -0.2) is 11.3 Å². The van der Waals surface area contributed by atoms with Crippen LogP contribution in [0.4, 0.5) is 4.39 Å². The number of pyridine rings is 1. The van der Waals surface area contributed by atoms with Gasteiger partial charge in [0.2, 0.25) is 0 Å². The van der Waals surface area contributed by atoms with Gasteiger partial charge in [0.15, 0.2) is 0 Å². The zero-order valence-corrected chi connectivity index (χ0v) is 13.3. The SMILES string of the molecule is O=CCC1C=CC(c2cnccc2Sc2ccc(F)cc2)=CC1. The van der Waals surface area contributed by atoms with Gasteiger partial charge in [-0.15, -0.1) is 0 Å². The second-order valence-corrected chi connectivity index (χ2v) is 6.46. The van der Waals surface area contributed by atoms with Crippen molar-refractivity contribution in [2.24, 2.45) is 5.92 Å². The molecule has 1 unspecified atom stereocenters. The molecule has 0 saturated carbocycles. The molecule has 4 heteroatoms. The summed E-state index contributed by atoms with van der Waals surface area (Å²) in [5.41, 5.74) is 2.17. The molecule has 0 amide bonds. The maximum Gasteiger partial charge on any atom is 0.123 e. The lowest BCUT2D eigenvalue weighted by molar-refractivity contribution is -0.108. The minimum atomic E-state index is -0.233. The highest BCUT2D eigenvalue weighted by molar-refractivity contribution is 7.99. The summed E-state index contributed by atoms with van der Waals surface area (Å²) < 4.78 is 13.0. The summed E-state index contributed by atoms with van der Waals surface area (Å²) in [5, 5.41) is 0. The number of halogens is 1. The molecule has 3 rings (SSSR count). The van der Waals surface area contributed by atoms with Crippen LogP contribution in [0.3, 0.4) is 0 Å². The van der Waals surface area contributed by atoms with E-state index in [4.69, 9.17) is 0 Å². The van der Waals surface area contributed by atoms with E-state index in [-0.39, 0.29) is 5.82 Å². The fraction of sp³-hybridized carbons (Fsp3) is 0.158. The summed E-state index contributed by atoms with van der Waals surface area (Å²) in [7, 11) is 0. The lowest BCUT2D eigenvalue weighted by Crippen LogP contribution is -2.01. The van der Waals surface area contributed by atoms with E-state index in [2.05, 4.69) is 23.2 Å². The first-order valence-corrected chi connectivity index (χ1v) is 8.27. The Morgan fingerprint density at radius 1 is 1.26 bits per heavy atom. The molecule has 1 aliphatic carbocycles. The number of carbonyl (C=O) groups is 1. The minimum absolute atomic E-state index is 0.233. The van der Waals surface area contributed by atoms with E-state index in [0.29, 0.717) is 12.3 Å². The van der Waals surface area contributed by atoms with Crippen molar-refractivity contribution in [3.63, 3.8) is 0 Å². The molecule has 1 aromatic heterocycles. The Hall–Kier alpha value is -2.20. The molecule has 2 nitrogen and oxygen atoms in total. The molecule has 0 aliphatic heterocycles. The van der Waals surface area contributed by atoms with Crippen molar-refractivity contribution in [3.05, 3.63) is 72.3 Å². The van der Waals surface area contributed by atoms with Crippen molar-refractivity contribution in [1.29, 1.82) is 0 Å². The lowest BCUT2D eigenvalue weighted by atomic mass is 9.92. The molecule has 0 bridgehead atoms. The predicted molar refractivity (Wildman–Crippen MR) is 90.7 cm³/mol. The maximum atomic E-state index is 13.0. The summed E-state index contributed by atoms with van der Waals surface area (Å²) in [6.07, 6.45) is 12.3. The number of nitrogens with zero attached hydrogens (tertiary/aromatic N) is 1. The third-order valence-corrected chi connectivity index (χ3v) is 4.80. The fourth-order valence-corrected chi connectivity index (χ4v) is 3.42. The molecule has 116 valence electrons. The molecule has 1 aromatic carbocycles. The van der Waals surface area contributed by atoms with Gasteiger partial charge in [-0.25, -0.2) is 4.39 Å². The first kappa shape index (κ1) is 15.7. The minimum Gasteiger partial charge on any atom is -0.303 e. The van der Waals surface area contributed by atoms with E-state index >= 15 is 0 Å². The largest absolute Gasteiger partial charge is 0.303 e. The van der Waals surface area contributed by atoms with Crippen LogP contribution in [0, 0.1) is 11.7 Å². The van der Waals surface area contributed by atoms with Crippen LogP contribution in [0.2, 0.25) is 0 Å². The van der Waals surface area contributed by atoms with Gasteiger partial charge in [0.25, 0.3) is 0 Å². The van der Waals surface area contributed by atoms with Gasteiger partial charge in [-0.2, -0.15) is 0 Å². The van der Waals surface area contributed by atoms with Gasteiger partial charge in [0.05, 0.1) is 0 Å². The Kier molecular flexibility index (Phi) is 5.03. The van der Waals surface area contributed by atoms with Crippen LogP contribution in [0.1, 0.15) is 18.4 Å². The molecule has 0 spiro atoms. The summed E-state index contributed by atoms with van der Waals surface area (Å²) in [5.74, 6) is 0.0598. The number of hydrogen-bond donors (Lipinski definition) is 0. The van der Waals surface area contributed by atoms with Crippen molar-refractivity contribution in [2.75, 3.05) is 0 Å². The predicted octanol–water partition coefficient (Wildman–Crippen LogP) is 4.92. The quantitative estimate of drug-likeness (QED) is 0.731. The number of carbonyl (C=O) groups excluding carboxylic acids is 1. The first-order valence-electron chi connectivity index (χ1n) is 7.46. The number of rotatable bonds is 5. The highest BCUT2D eigenvalue weighted by atomic mass is 32.2. The molecule has 0 saturated heterocycles. The smallest absolute Gasteiger partial charge is 0.123 e. The Morgan fingerprint density at radius 2 is 2.09 bits per heavy atom. The van der Waals surface area contributed by atoms with Crippen LogP contribution in [0.5, 0.6) is 0 Å². The Morgan fingerprint density at radius 3 is 2.78 bits per heavy atom. The highest BCUT2D eigenvalue weighted by Gasteiger charge is 2.13. The standard InChI is InChI=1S/C19H16FNOS/c20-16-5-7-17(8-6-16)23-19-9-11-21-13-18(19)15-3-1-14(2-4-15)10-12-22/h1,3-9,11-14H,2,10H2. The van der Waals surface area contributed by atoms with E-state index in [9.17, 15) is 9.18 Å². The molecule has 0 radical (unpaired) electrons. The molecule has 1 aliphatic rings. The molecule has 2 aromatic rings. The van der Waals surface area contributed by atoms with E-state index in [0.717, 1.165) is 33.6 Å². The lowest BCUT2D eigenvalue weighted by Gasteiger charge is -2.16. The molecular weight excluding hydrogens is 309 g/mol. The third-order valence-electron chi connectivity index (χ3n) is 3.72. The van der Waals surface area contributed by atoms with Crippen LogP contribution in [-0.2, 0) is 4.79 Å². The normalized spacial score (nSPS) is 16.9. The topological polar surface area (TPSA) is 30.0 Å².